The first kappa shape index (κ1) is 15.6. The van der Waals surface area contributed by atoms with Crippen molar-refractivity contribution in [3.05, 3.63) is 17.0 Å². The number of nitrogens with two attached hydrogens (primary N) is 1. The van der Waals surface area contributed by atoms with Gasteiger partial charge in [-0.25, -0.2) is 8.42 Å². The maximum Gasteiger partial charge on any atom is 0.252 e. The molecule has 1 aromatic rings. The Morgan fingerprint density at radius 1 is 1.44 bits per heavy atom. The summed E-state index contributed by atoms with van der Waals surface area (Å²) in [6.07, 6.45) is 0.676. The van der Waals surface area contributed by atoms with E-state index < -0.39 is 15.6 Å². The third kappa shape index (κ3) is 4.03. The Labute approximate surface area is 112 Å². The van der Waals surface area contributed by atoms with Crippen LogP contribution in [0.4, 0.5) is 0 Å². The highest BCUT2D eigenvalue weighted by atomic mass is 32.2. The molecule has 0 spiro atoms. The van der Waals surface area contributed by atoms with Crippen LogP contribution in [0.5, 0.6) is 0 Å². The Kier molecular flexibility index (Phi) is 4.90. The predicted molar refractivity (Wildman–Crippen MR) is 73.2 cm³/mol. The Bertz CT molecular complexity index is 489. The van der Waals surface area contributed by atoms with Gasteiger partial charge in [0.25, 0.3) is 10.0 Å². The van der Waals surface area contributed by atoms with Crippen LogP contribution in [0.1, 0.15) is 18.7 Å². The van der Waals surface area contributed by atoms with Crippen LogP contribution in [-0.2, 0) is 16.4 Å². The van der Waals surface area contributed by atoms with E-state index in [-0.39, 0.29) is 10.8 Å². The first-order valence-electron chi connectivity index (χ1n) is 5.64. The van der Waals surface area contributed by atoms with Crippen LogP contribution in [-0.4, -0.2) is 43.6 Å². The van der Waals surface area contributed by atoms with Crippen LogP contribution in [0.25, 0.3) is 0 Å². The van der Waals surface area contributed by atoms with E-state index in [0.717, 1.165) is 4.88 Å². The van der Waals surface area contributed by atoms with Gasteiger partial charge >= 0.3 is 0 Å². The maximum atomic E-state index is 12.2. The molecule has 0 fully saturated rings. The van der Waals surface area contributed by atoms with E-state index in [1.807, 2.05) is 0 Å². The zero-order chi connectivity index (χ0) is 14.0. The zero-order valence-electron chi connectivity index (χ0n) is 10.9. The fourth-order valence-corrected chi connectivity index (χ4v) is 4.46. The first-order valence-corrected chi connectivity index (χ1v) is 7.90. The minimum Gasteiger partial charge on any atom is -0.389 e. The monoisotopic (exact) mass is 292 g/mol. The lowest BCUT2D eigenvalue weighted by Gasteiger charge is -2.24. The molecule has 0 bridgehead atoms. The quantitative estimate of drug-likeness (QED) is 0.806. The zero-order valence-corrected chi connectivity index (χ0v) is 12.5. The number of hydrogen-bond acceptors (Lipinski definition) is 5. The van der Waals surface area contributed by atoms with E-state index in [1.165, 1.54) is 22.7 Å². The van der Waals surface area contributed by atoms with Gasteiger partial charge in [-0.05, 0) is 38.9 Å². The van der Waals surface area contributed by atoms with E-state index >= 15 is 0 Å². The molecule has 3 N–H and O–H groups in total. The van der Waals surface area contributed by atoms with Crippen molar-refractivity contribution < 1.29 is 13.5 Å². The molecule has 0 aromatic carbocycles. The molecule has 18 heavy (non-hydrogen) atoms. The second-order valence-corrected chi connectivity index (χ2v) is 8.27. The third-order valence-corrected chi connectivity index (χ3v) is 5.72. The maximum absolute atomic E-state index is 12.2. The molecule has 0 saturated carbocycles. The van der Waals surface area contributed by atoms with E-state index in [2.05, 4.69) is 0 Å². The van der Waals surface area contributed by atoms with Crippen molar-refractivity contribution in [2.24, 2.45) is 5.73 Å². The van der Waals surface area contributed by atoms with Crippen LogP contribution in [0, 0.1) is 0 Å². The molecule has 0 aliphatic heterocycles. The molecule has 0 unspecified atom stereocenters. The van der Waals surface area contributed by atoms with Gasteiger partial charge in [0.2, 0.25) is 0 Å². The lowest BCUT2D eigenvalue weighted by Crippen LogP contribution is -2.39. The van der Waals surface area contributed by atoms with Gasteiger partial charge in [-0.15, -0.1) is 11.3 Å². The highest BCUT2D eigenvalue weighted by molar-refractivity contribution is 7.91. The normalized spacial score (nSPS) is 13.2. The molecule has 7 heteroatoms. The Balaban J connectivity index is 2.91. The lowest BCUT2D eigenvalue weighted by molar-refractivity contribution is 0.0640. The van der Waals surface area contributed by atoms with Crippen molar-refractivity contribution in [2.75, 3.05) is 20.1 Å². The molecule has 0 radical (unpaired) electrons. The van der Waals surface area contributed by atoms with Gasteiger partial charge in [0, 0.05) is 18.5 Å². The molecule has 104 valence electrons. The van der Waals surface area contributed by atoms with Crippen molar-refractivity contribution in [2.45, 2.75) is 30.1 Å². The summed E-state index contributed by atoms with van der Waals surface area (Å²) in [6.45, 7) is 3.71. The Morgan fingerprint density at radius 3 is 2.56 bits per heavy atom. The molecule has 0 aliphatic carbocycles. The summed E-state index contributed by atoms with van der Waals surface area (Å²) in [4.78, 5) is 0.952. The molecule has 0 atom stereocenters. The van der Waals surface area contributed by atoms with Gasteiger partial charge < -0.3 is 10.8 Å². The average molecular weight is 292 g/mol. The third-order valence-electron chi connectivity index (χ3n) is 2.30. The number of sulfonamides is 1. The molecule has 0 aliphatic rings. The number of nitrogens with zero attached hydrogens (tertiary/aromatic N) is 1. The summed E-state index contributed by atoms with van der Waals surface area (Å²) in [5, 5.41) is 9.67. The Hall–Kier alpha value is -0.470. The number of rotatable bonds is 6. The van der Waals surface area contributed by atoms with Crippen LogP contribution in [0.2, 0.25) is 0 Å². The lowest BCUT2D eigenvalue weighted by atomic mass is 10.1. The fraction of sp³-hybridized carbons (Fsp3) is 0.636. The minimum atomic E-state index is -3.52. The number of aliphatic hydroxyl groups is 1. The fourth-order valence-electron chi connectivity index (χ4n) is 1.56. The number of thiophene rings is 1. The second kappa shape index (κ2) is 5.66. The molecule has 0 amide bonds. The van der Waals surface area contributed by atoms with Gasteiger partial charge in [0.1, 0.15) is 4.21 Å². The van der Waals surface area contributed by atoms with Crippen molar-refractivity contribution in [1.29, 1.82) is 0 Å². The van der Waals surface area contributed by atoms with Gasteiger partial charge in [-0.3, -0.25) is 0 Å². The number of likely N-dealkylation sites (N-methyl/N-ethyl adjacent to an activating group) is 1. The van der Waals surface area contributed by atoms with Crippen molar-refractivity contribution in [1.82, 2.24) is 4.31 Å². The second-order valence-electron chi connectivity index (χ2n) is 4.83. The molecule has 5 nitrogen and oxygen atoms in total. The van der Waals surface area contributed by atoms with E-state index in [9.17, 15) is 13.5 Å². The Morgan fingerprint density at radius 2 is 2.06 bits per heavy atom. The predicted octanol–water partition coefficient (Wildman–Crippen LogP) is 0.641. The average Bonchev–Trinajstić information content (AvgIpc) is 2.64. The topological polar surface area (TPSA) is 83.6 Å². The van der Waals surface area contributed by atoms with Crippen molar-refractivity contribution in [3.63, 3.8) is 0 Å². The highest BCUT2D eigenvalue weighted by Gasteiger charge is 2.27. The summed E-state index contributed by atoms with van der Waals surface area (Å²) in [6, 6.07) is 3.37. The molecule has 1 heterocycles. The van der Waals surface area contributed by atoms with Gasteiger partial charge in [-0.2, -0.15) is 4.31 Å². The van der Waals surface area contributed by atoms with Crippen LogP contribution in [0.3, 0.4) is 0 Å². The molecule has 1 rings (SSSR count). The molecular formula is C11H20N2O3S2. The largest absolute Gasteiger partial charge is 0.389 e. The van der Waals surface area contributed by atoms with Crippen LogP contribution < -0.4 is 5.73 Å². The summed E-state index contributed by atoms with van der Waals surface area (Å²) >= 11 is 1.23. The SMILES string of the molecule is CN(CC(C)(C)O)S(=O)(=O)c1ccc(CCN)s1. The van der Waals surface area contributed by atoms with E-state index in [1.54, 1.807) is 26.0 Å². The summed E-state index contributed by atoms with van der Waals surface area (Å²) < 4.78 is 25.9. The number of hydrogen-bond donors (Lipinski definition) is 2. The summed E-state index contributed by atoms with van der Waals surface area (Å²) in [5.74, 6) is 0. The smallest absolute Gasteiger partial charge is 0.252 e. The first-order chi connectivity index (χ1) is 8.16. The molecule has 1 aromatic heterocycles. The highest BCUT2D eigenvalue weighted by Crippen LogP contribution is 2.25. The van der Waals surface area contributed by atoms with Gasteiger partial charge in [-0.1, -0.05) is 0 Å². The van der Waals surface area contributed by atoms with E-state index in [4.69, 9.17) is 5.73 Å². The summed E-state index contributed by atoms with van der Waals surface area (Å²) in [7, 11) is -2.05. The van der Waals surface area contributed by atoms with Crippen molar-refractivity contribution >= 4 is 21.4 Å². The molecule has 0 saturated heterocycles. The molecular weight excluding hydrogens is 272 g/mol. The van der Waals surface area contributed by atoms with E-state index in [0.29, 0.717) is 13.0 Å². The van der Waals surface area contributed by atoms with Crippen LogP contribution >= 0.6 is 11.3 Å². The van der Waals surface area contributed by atoms with Crippen LogP contribution in [0.15, 0.2) is 16.3 Å². The minimum absolute atomic E-state index is 0.0550. The van der Waals surface area contributed by atoms with Gasteiger partial charge in [0.15, 0.2) is 0 Å². The van der Waals surface area contributed by atoms with Crippen molar-refractivity contribution in [3.8, 4) is 0 Å². The standard InChI is InChI=1S/C11H20N2O3S2/c1-11(2,14)8-13(3)18(15,16)10-5-4-9(17-10)6-7-12/h4-5,14H,6-8,12H2,1-3H3. The van der Waals surface area contributed by atoms with Gasteiger partial charge in [0.05, 0.1) is 5.60 Å². The summed E-state index contributed by atoms with van der Waals surface area (Å²) in [5.41, 5.74) is 4.38.